The molecule has 0 atom stereocenters. The molecule has 0 unspecified atom stereocenters. The Labute approximate surface area is 129 Å². The Bertz CT molecular complexity index is 612. The molecule has 4 nitrogen and oxygen atoms in total. The van der Waals surface area contributed by atoms with Gasteiger partial charge in [0.1, 0.15) is 10.8 Å². The smallest absolute Gasteiger partial charge is 0.355 e. The summed E-state index contributed by atoms with van der Waals surface area (Å²) in [6.45, 7) is 2.74. The van der Waals surface area contributed by atoms with Crippen molar-refractivity contribution in [2.24, 2.45) is 0 Å². The molecule has 6 heteroatoms. The van der Waals surface area contributed by atoms with Crippen LogP contribution in [-0.2, 0) is 0 Å². The number of rotatable bonds is 6. The SMILES string of the molecule is CCCCOc1ccc(Br)cc1-c1nc(C(=O)O)cs1. The molecule has 0 fully saturated rings. The molecule has 2 aromatic rings. The van der Waals surface area contributed by atoms with Gasteiger partial charge in [0, 0.05) is 9.85 Å². The molecule has 0 aliphatic heterocycles. The Hall–Kier alpha value is -1.40. The van der Waals surface area contributed by atoms with E-state index in [0.29, 0.717) is 11.6 Å². The maximum Gasteiger partial charge on any atom is 0.355 e. The van der Waals surface area contributed by atoms with Crippen LogP contribution in [0.3, 0.4) is 0 Å². The van der Waals surface area contributed by atoms with Gasteiger partial charge in [0.15, 0.2) is 5.69 Å². The van der Waals surface area contributed by atoms with Crippen LogP contribution in [0.25, 0.3) is 10.6 Å². The van der Waals surface area contributed by atoms with E-state index in [-0.39, 0.29) is 5.69 Å². The van der Waals surface area contributed by atoms with Gasteiger partial charge in [-0.05, 0) is 24.6 Å². The molecule has 0 saturated carbocycles. The van der Waals surface area contributed by atoms with E-state index < -0.39 is 5.97 Å². The van der Waals surface area contributed by atoms with E-state index in [1.54, 1.807) is 0 Å². The summed E-state index contributed by atoms with van der Waals surface area (Å²) < 4.78 is 6.66. The largest absolute Gasteiger partial charge is 0.493 e. The Morgan fingerprint density at radius 1 is 1.50 bits per heavy atom. The predicted octanol–water partition coefficient (Wildman–Crippen LogP) is 4.45. The number of aromatic carboxylic acids is 1. The van der Waals surface area contributed by atoms with Crippen molar-refractivity contribution < 1.29 is 14.6 Å². The van der Waals surface area contributed by atoms with Crippen molar-refractivity contribution in [1.82, 2.24) is 4.98 Å². The highest BCUT2D eigenvalue weighted by Crippen LogP contribution is 2.34. The lowest BCUT2D eigenvalue weighted by Gasteiger charge is -2.10. The fraction of sp³-hybridized carbons (Fsp3) is 0.286. The molecule has 0 amide bonds. The van der Waals surface area contributed by atoms with Crippen LogP contribution in [0, 0.1) is 0 Å². The first-order chi connectivity index (χ1) is 9.61. The Kier molecular flexibility index (Phi) is 5.14. The van der Waals surface area contributed by atoms with Crippen molar-refractivity contribution >= 4 is 33.2 Å². The Morgan fingerprint density at radius 3 is 2.95 bits per heavy atom. The minimum Gasteiger partial charge on any atom is -0.493 e. The zero-order valence-corrected chi connectivity index (χ0v) is 13.3. The van der Waals surface area contributed by atoms with Gasteiger partial charge in [0.05, 0.1) is 12.2 Å². The molecule has 106 valence electrons. The summed E-state index contributed by atoms with van der Waals surface area (Å²) in [6.07, 6.45) is 2.04. The van der Waals surface area contributed by atoms with Crippen LogP contribution in [0.1, 0.15) is 30.3 Å². The van der Waals surface area contributed by atoms with Crippen molar-refractivity contribution in [3.05, 3.63) is 33.7 Å². The number of carbonyl (C=O) groups is 1. The first-order valence-corrected chi connectivity index (χ1v) is 7.90. The number of carboxylic acids is 1. The second-order valence-corrected chi connectivity index (χ2v) is 5.96. The van der Waals surface area contributed by atoms with E-state index in [0.717, 1.165) is 28.6 Å². The molecule has 2 rings (SSSR count). The molecule has 0 aliphatic carbocycles. The van der Waals surface area contributed by atoms with Crippen molar-refractivity contribution in [2.75, 3.05) is 6.61 Å². The molecule has 0 spiro atoms. The van der Waals surface area contributed by atoms with E-state index in [1.165, 1.54) is 16.7 Å². The Morgan fingerprint density at radius 2 is 2.30 bits per heavy atom. The fourth-order valence-electron chi connectivity index (χ4n) is 1.62. The minimum atomic E-state index is -1.02. The average molecular weight is 356 g/mol. The fourth-order valence-corrected chi connectivity index (χ4v) is 2.79. The first kappa shape index (κ1) is 15.0. The van der Waals surface area contributed by atoms with Crippen LogP contribution in [-0.4, -0.2) is 22.7 Å². The zero-order chi connectivity index (χ0) is 14.5. The summed E-state index contributed by atoms with van der Waals surface area (Å²) in [7, 11) is 0. The van der Waals surface area contributed by atoms with Gasteiger partial charge in [-0.15, -0.1) is 11.3 Å². The molecule has 1 aromatic heterocycles. The third kappa shape index (κ3) is 3.58. The monoisotopic (exact) mass is 355 g/mol. The number of nitrogens with zero attached hydrogens (tertiary/aromatic N) is 1. The van der Waals surface area contributed by atoms with E-state index in [9.17, 15) is 4.79 Å². The van der Waals surface area contributed by atoms with Crippen LogP contribution in [0.2, 0.25) is 0 Å². The van der Waals surface area contributed by atoms with Gasteiger partial charge in [-0.3, -0.25) is 0 Å². The van der Waals surface area contributed by atoms with Crippen molar-refractivity contribution in [2.45, 2.75) is 19.8 Å². The molecule has 1 N–H and O–H groups in total. The number of hydrogen-bond donors (Lipinski definition) is 1. The number of carboxylic acid groups (broad SMARTS) is 1. The van der Waals surface area contributed by atoms with Crippen LogP contribution in [0.15, 0.2) is 28.1 Å². The van der Waals surface area contributed by atoms with Gasteiger partial charge < -0.3 is 9.84 Å². The number of unbranched alkanes of at least 4 members (excludes halogenated alkanes) is 1. The zero-order valence-electron chi connectivity index (χ0n) is 10.9. The second-order valence-electron chi connectivity index (χ2n) is 4.19. The predicted molar refractivity (Wildman–Crippen MR) is 82.6 cm³/mol. The number of aromatic nitrogens is 1. The van der Waals surface area contributed by atoms with Gasteiger partial charge in [-0.1, -0.05) is 29.3 Å². The highest BCUT2D eigenvalue weighted by atomic mass is 79.9. The molecular weight excluding hydrogens is 342 g/mol. The summed E-state index contributed by atoms with van der Waals surface area (Å²) in [5.41, 5.74) is 0.873. The van der Waals surface area contributed by atoms with Crippen LogP contribution >= 0.6 is 27.3 Å². The van der Waals surface area contributed by atoms with Crippen LogP contribution in [0.4, 0.5) is 0 Å². The summed E-state index contributed by atoms with van der Waals surface area (Å²) in [5.74, 6) is -0.288. The molecule has 0 saturated heterocycles. The van der Waals surface area contributed by atoms with Gasteiger partial charge in [-0.2, -0.15) is 0 Å². The second kappa shape index (κ2) is 6.85. The lowest BCUT2D eigenvalue weighted by Crippen LogP contribution is -1.99. The maximum absolute atomic E-state index is 10.9. The topological polar surface area (TPSA) is 59.4 Å². The maximum atomic E-state index is 10.9. The van der Waals surface area contributed by atoms with Crippen molar-refractivity contribution in [1.29, 1.82) is 0 Å². The van der Waals surface area contributed by atoms with E-state index in [4.69, 9.17) is 9.84 Å². The molecule has 0 radical (unpaired) electrons. The van der Waals surface area contributed by atoms with Gasteiger partial charge >= 0.3 is 5.97 Å². The highest BCUT2D eigenvalue weighted by Gasteiger charge is 2.14. The lowest BCUT2D eigenvalue weighted by atomic mass is 10.2. The van der Waals surface area contributed by atoms with E-state index >= 15 is 0 Å². The van der Waals surface area contributed by atoms with E-state index in [2.05, 4.69) is 27.8 Å². The van der Waals surface area contributed by atoms with Crippen molar-refractivity contribution in [3.8, 4) is 16.3 Å². The highest BCUT2D eigenvalue weighted by molar-refractivity contribution is 9.10. The van der Waals surface area contributed by atoms with Gasteiger partial charge in [-0.25, -0.2) is 9.78 Å². The lowest BCUT2D eigenvalue weighted by molar-refractivity contribution is 0.0691. The van der Waals surface area contributed by atoms with Gasteiger partial charge in [0.2, 0.25) is 0 Å². The molecule has 0 aliphatic rings. The molecular formula is C14H14BrNO3S. The van der Waals surface area contributed by atoms with Crippen LogP contribution < -0.4 is 4.74 Å². The summed E-state index contributed by atoms with van der Waals surface area (Å²) >= 11 is 4.72. The summed E-state index contributed by atoms with van der Waals surface area (Å²) in [4.78, 5) is 15.0. The number of ether oxygens (including phenoxy) is 1. The third-order valence-electron chi connectivity index (χ3n) is 2.65. The summed E-state index contributed by atoms with van der Waals surface area (Å²) in [6, 6.07) is 5.67. The quantitative estimate of drug-likeness (QED) is 0.777. The minimum absolute atomic E-state index is 0.0597. The number of hydrogen-bond acceptors (Lipinski definition) is 4. The van der Waals surface area contributed by atoms with Crippen LogP contribution in [0.5, 0.6) is 5.75 Å². The molecule has 1 heterocycles. The standard InChI is InChI=1S/C14H14BrNO3S/c1-2-3-6-19-12-5-4-9(15)7-10(12)13-16-11(8-20-13)14(17)18/h4-5,7-8H,2-3,6H2,1H3,(H,17,18). The van der Waals surface area contributed by atoms with Crippen molar-refractivity contribution in [3.63, 3.8) is 0 Å². The molecule has 20 heavy (non-hydrogen) atoms. The number of halogens is 1. The normalized spacial score (nSPS) is 10.5. The molecule has 1 aromatic carbocycles. The Balaban J connectivity index is 2.32. The van der Waals surface area contributed by atoms with E-state index in [1.807, 2.05) is 18.2 Å². The summed E-state index contributed by atoms with van der Waals surface area (Å²) in [5, 5.41) is 11.1. The average Bonchev–Trinajstić information content (AvgIpc) is 2.90. The third-order valence-corrected chi connectivity index (χ3v) is 4.02. The first-order valence-electron chi connectivity index (χ1n) is 6.23. The molecule has 0 bridgehead atoms. The van der Waals surface area contributed by atoms with Gasteiger partial charge in [0.25, 0.3) is 0 Å². The number of thiazole rings is 1. The number of benzene rings is 1.